The molecule has 188 valence electrons. The van der Waals surface area contributed by atoms with Gasteiger partial charge in [0.2, 0.25) is 5.91 Å². The number of hydrogen-bond donors (Lipinski definition) is 4. The zero-order valence-corrected chi connectivity index (χ0v) is 19.5. The van der Waals surface area contributed by atoms with Crippen LogP contribution in [0.25, 0.3) is 5.82 Å². The second-order valence-electron chi connectivity index (χ2n) is 8.63. The molecule has 0 atom stereocenters. The zero-order valence-electron chi connectivity index (χ0n) is 19.5. The van der Waals surface area contributed by atoms with E-state index in [1.165, 1.54) is 34.2 Å². The second kappa shape index (κ2) is 10.3. The molecule has 2 amide bonds. The normalized spacial score (nSPS) is 15.9. The summed E-state index contributed by atoms with van der Waals surface area (Å²) in [6, 6.07) is 4.65. The molecule has 0 aromatic carbocycles. The Hall–Kier alpha value is -3.74. The number of hydrogen-bond acceptors (Lipinski definition) is 7. The minimum absolute atomic E-state index is 0.0256. The maximum atomic E-state index is 12.9. The van der Waals surface area contributed by atoms with Crippen molar-refractivity contribution in [1.29, 1.82) is 5.41 Å². The first-order valence-electron chi connectivity index (χ1n) is 10.8. The van der Waals surface area contributed by atoms with Crippen LogP contribution in [0.4, 0.5) is 13.2 Å². The molecule has 1 aliphatic rings. The van der Waals surface area contributed by atoms with E-state index in [-0.39, 0.29) is 35.5 Å². The molecule has 0 bridgehead atoms. The van der Waals surface area contributed by atoms with Gasteiger partial charge < -0.3 is 16.0 Å². The third-order valence-electron chi connectivity index (χ3n) is 5.34. The first-order valence-corrected chi connectivity index (χ1v) is 10.8. The molecule has 0 unspecified atom stereocenters. The highest BCUT2D eigenvalue weighted by Crippen LogP contribution is 2.31. The van der Waals surface area contributed by atoms with E-state index in [0.717, 1.165) is 0 Å². The summed E-state index contributed by atoms with van der Waals surface area (Å²) in [5.41, 5.74) is 0.0595. The lowest BCUT2D eigenvalue weighted by molar-refractivity contribution is -0.131. The quantitative estimate of drug-likeness (QED) is 0.330. The summed E-state index contributed by atoms with van der Waals surface area (Å²) in [5.74, 6) is -0.658. The number of aromatic nitrogens is 3. The first-order chi connectivity index (χ1) is 16.4. The van der Waals surface area contributed by atoms with Crippen molar-refractivity contribution in [2.24, 2.45) is 5.41 Å². The van der Waals surface area contributed by atoms with Gasteiger partial charge in [0, 0.05) is 43.5 Å². The second-order valence-corrected chi connectivity index (χ2v) is 8.63. The van der Waals surface area contributed by atoms with E-state index in [9.17, 15) is 22.8 Å². The Balaban J connectivity index is 1.71. The van der Waals surface area contributed by atoms with E-state index in [1.807, 2.05) is 13.8 Å². The van der Waals surface area contributed by atoms with Crippen molar-refractivity contribution < 1.29 is 22.8 Å². The first kappa shape index (κ1) is 25.9. The third-order valence-corrected chi connectivity index (χ3v) is 5.34. The Kier molecular flexibility index (Phi) is 7.58. The number of pyridine rings is 1. The molecular formula is C22H27F3N8O2. The van der Waals surface area contributed by atoms with E-state index >= 15 is 0 Å². The lowest BCUT2D eigenvalue weighted by Gasteiger charge is -2.22. The molecule has 10 nitrogen and oxygen atoms in total. The molecule has 1 aliphatic heterocycles. The van der Waals surface area contributed by atoms with Crippen LogP contribution >= 0.6 is 0 Å². The minimum atomic E-state index is -4.31. The van der Waals surface area contributed by atoms with Crippen molar-refractivity contribution in [2.45, 2.75) is 33.0 Å². The summed E-state index contributed by atoms with van der Waals surface area (Å²) in [6.45, 7) is 2.83. The number of halogens is 3. The molecule has 35 heavy (non-hydrogen) atoms. The number of carbonyl (C=O) groups excluding carboxylic acids is 2. The summed E-state index contributed by atoms with van der Waals surface area (Å²) in [7, 11) is 1.60. The van der Waals surface area contributed by atoms with Gasteiger partial charge in [-0.05, 0) is 18.6 Å². The molecule has 1 saturated heterocycles. The highest BCUT2D eigenvalue weighted by molar-refractivity contribution is 6.10. The lowest BCUT2D eigenvalue weighted by Crippen LogP contribution is -2.41. The number of rotatable bonds is 8. The predicted octanol–water partition coefficient (Wildman–Crippen LogP) is 1.95. The average molecular weight is 493 g/mol. The molecule has 0 saturated carbocycles. The van der Waals surface area contributed by atoms with Gasteiger partial charge in [-0.25, -0.2) is 9.67 Å². The van der Waals surface area contributed by atoms with Crippen molar-refractivity contribution in [3.05, 3.63) is 53.7 Å². The Morgan fingerprint density at radius 1 is 1.31 bits per heavy atom. The van der Waals surface area contributed by atoms with Gasteiger partial charge in [-0.1, -0.05) is 19.9 Å². The van der Waals surface area contributed by atoms with E-state index in [1.54, 1.807) is 19.2 Å². The number of likely N-dealkylation sites (tertiary alicyclic amines) is 1. The SMILES string of the molecule is CN/C=C(/NC(=O)c1cccc(-n2cc(CNCC(F)(F)F)cn2)n1)C(=N)N1CCC(C)(C)C1=O. The van der Waals surface area contributed by atoms with E-state index < -0.39 is 24.0 Å². The van der Waals surface area contributed by atoms with Crippen molar-refractivity contribution in [1.82, 2.24) is 35.6 Å². The maximum Gasteiger partial charge on any atom is 0.401 e. The van der Waals surface area contributed by atoms with Gasteiger partial charge in [-0.3, -0.25) is 19.9 Å². The number of amidine groups is 1. The van der Waals surface area contributed by atoms with E-state index in [2.05, 4.69) is 26.0 Å². The molecule has 3 heterocycles. The number of alkyl halides is 3. The maximum absolute atomic E-state index is 12.9. The largest absolute Gasteiger partial charge is 0.401 e. The van der Waals surface area contributed by atoms with Gasteiger partial charge in [0.05, 0.1) is 18.4 Å². The monoisotopic (exact) mass is 492 g/mol. The third kappa shape index (κ3) is 6.44. The predicted molar refractivity (Wildman–Crippen MR) is 122 cm³/mol. The fourth-order valence-corrected chi connectivity index (χ4v) is 3.42. The highest BCUT2D eigenvalue weighted by Gasteiger charge is 2.41. The molecular weight excluding hydrogens is 465 g/mol. The van der Waals surface area contributed by atoms with Crippen molar-refractivity contribution >= 4 is 17.6 Å². The van der Waals surface area contributed by atoms with Crippen LogP contribution in [0, 0.1) is 10.8 Å². The molecule has 0 aliphatic carbocycles. The van der Waals surface area contributed by atoms with Crippen LogP contribution in [0.5, 0.6) is 0 Å². The number of nitrogens with zero attached hydrogens (tertiary/aromatic N) is 4. The standard InChI is InChI=1S/C22H27F3N8O2/c1-21(2)7-8-32(20(21)35)18(26)16(11-27-3)31-19(34)15-5-4-6-17(30-15)33-12-14(10-29-33)9-28-13-22(23,24)25/h4-6,10-12,26-28H,7-9,13H2,1-3H3,(H,31,34)/b16-11+,26-18?. The zero-order chi connectivity index (χ0) is 25.8. The molecule has 3 rings (SSSR count). The summed E-state index contributed by atoms with van der Waals surface area (Å²) in [4.78, 5) is 31.1. The Labute approximate surface area is 200 Å². The van der Waals surface area contributed by atoms with E-state index in [4.69, 9.17) is 5.41 Å². The smallest absolute Gasteiger partial charge is 0.392 e. The van der Waals surface area contributed by atoms with Crippen LogP contribution in [-0.4, -0.2) is 63.6 Å². The molecule has 2 aromatic heterocycles. The average Bonchev–Trinajstić information content (AvgIpc) is 3.36. The number of nitrogens with one attached hydrogen (secondary N) is 4. The van der Waals surface area contributed by atoms with Crippen LogP contribution in [-0.2, 0) is 11.3 Å². The topological polar surface area (TPSA) is 128 Å². The highest BCUT2D eigenvalue weighted by atomic mass is 19.4. The molecule has 13 heteroatoms. The van der Waals surface area contributed by atoms with Crippen LogP contribution in [0.3, 0.4) is 0 Å². The van der Waals surface area contributed by atoms with Crippen LogP contribution in [0.15, 0.2) is 42.5 Å². The summed E-state index contributed by atoms with van der Waals surface area (Å²) >= 11 is 0. The molecule has 0 radical (unpaired) electrons. The van der Waals surface area contributed by atoms with Crippen molar-refractivity contribution in [3.8, 4) is 5.82 Å². The van der Waals surface area contributed by atoms with Gasteiger partial charge >= 0.3 is 6.18 Å². The number of carbonyl (C=O) groups is 2. The Morgan fingerprint density at radius 3 is 2.69 bits per heavy atom. The van der Waals surface area contributed by atoms with Crippen LogP contribution < -0.4 is 16.0 Å². The van der Waals surface area contributed by atoms with Gasteiger partial charge in [0.25, 0.3) is 5.91 Å². The van der Waals surface area contributed by atoms with E-state index in [0.29, 0.717) is 18.5 Å². The molecule has 4 N–H and O–H groups in total. The Morgan fingerprint density at radius 2 is 2.06 bits per heavy atom. The van der Waals surface area contributed by atoms with Gasteiger partial charge in [0.15, 0.2) is 11.7 Å². The summed E-state index contributed by atoms with van der Waals surface area (Å²) < 4.78 is 38.3. The molecule has 2 aromatic rings. The molecule has 1 fully saturated rings. The molecule has 0 spiro atoms. The van der Waals surface area contributed by atoms with Crippen LogP contribution in [0.2, 0.25) is 0 Å². The lowest BCUT2D eigenvalue weighted by atomic mass is 9.92. The Bertz CT molecular complexity index is 1140. The fraction of sp³-hybridized carbons (Fsp3) is 0.409. The van der Waals surface area contributed by atoms with Gasteiger partial charge in [0.1, 0.15) is 5.69 Å². The van der Waals surface area contributed by atoms with Crippen LogP contribution in [0.1, 0.15) is 36.3 Å². The number of amides is 2. The van der Waals surface area contributed by atoms with Crippen molar-refractivity contribution in [2.75, 3.05) is 20.1 Å². The minimum Gasteiger partial charge on any atom is -0.392 e. The van der Waals surface area contributed by atoms with Crippen molar-refractivity contribution in [3.63, 3.8) is 0 Å². The fourth-order valence-electron chi connectivity index (χ4n) is 3.42. The summed E-state index contributed by atoms with van der Waals surface area (Å²) in [5, 5.41) is 20.2. The van der Waals surface area contributed by atoms with Gasteiger partial charge in [-0.2, -0.15) is 18.3 Å². The summed E-state index contributed by atoms with van der Waals surface area (Å²) in [6.07, 6.45) is 0.610. The van der Waals surface area contributed by atoms with Gasteiger partial charge in [-0.15, -0.1) is 0 Å².